The number of hydrogen-bond acceptors (Lipinski definition) is 10. The molecule has 4 aromatic carbocycles. The Hall–Kier alpha value is -5.28. The van der Waals surface area contributed by atoms with Crippen molar-refractivity contribution in [2.75, 3.05) is 20.3 Å². The van der Waals surface area contributed by atoms with Crippen molar-refractivity contribution in [3.63, 3.8) is 0 Å². The van der Waals surface area contributed by atoms with Gasteiger partial charge >= 0.3 is 5.97 Å². The van der Waals surface area contributed by atoms with Crippen molar-refractivity contribution in [3.8, 4) is 22.6 Å². The van der Waals surface area contributed by atoms with E-state index in [4.69, 9.17) is 30.9 Å². The molecule has 0 saturated heterocycles. The first-order chi connectivity index (χ1) is 29.5. The van der Waals surface area contributed by atoms with Gasteiger partial charge in [-0.1, -0.05) is 54.1 Å². The number of hydrogen-bond donors (Lipinski definition) is 1. The van der Waals surface area contributed by atoms with E-state index < -0.39 is 15.8 Å². The summed E-state index contributed by atoms with van der Waals surface area (Å²) in [6.07, 6.45) is 2.66. The van der Waals surface area contributed by atoms with Crippen molar-refractivity contribution >= 4 is 60.8 Å². The lowest BCUT2D eigenvalue weighted by Crippen LogP contribution is -2.13. The predicted molar refractivity (Wildman–Crippen MR) is 239 cm³/mol. The van der Waals surface area contributed by atoms with Gasteiger partial charge in [-0.25, -0.2) is 13.2 Å². The zero-order valence-electron chi connectivity index (χ0n) is 34.6. The number of carbonyl (C=O) groups is 1. The summed E-state index contributed by atoms with van der Waals surface area (Å²) in [6.45, 7) is 2.78. The van der Waals surface area contributed by atoms with Crippen LogP contribution in [0, 0.1) is 0 Å². The predicted octanol–water partition coefficient (Wildman–Crippen LogP) is 8.62. The molecule has 1 N–H and O–H groups in total. The van der Waals surface area contributed by atoms with Gasteiger partial charge in [-0.15, -0.1) is 11.8 Å². The summed E-state index contributed by atoms with van der Waals surface area (Å²) in [6, 6.07) is 25.9. The second-order valence-corrected chi connectivity index (χ2v) is 18.7. The first kappa shape index (κ1) is 42.4. The third-order valence-electron chi connectivity index (χ3n) is 11.1. The molecule has 0 saturated carbocycles. The minimum absolute atomic E-state index is 0.200. The molecule has 4 heterocycles. The van der Waals surface area contributed by atoms with Gasteiger partial charge in [-0.2, -0.15) is 10.2 Å². The van der Waals surface area contributed by atoms with E-state index in [1.165, 1.54) is 10.2 Å². The average Bonchev–Trinajstić information content (AvgIpc) is 4.00. The monoisotopic (exact) mass is 881 g/mol. The summed E-state index contributed by atoms with van der Waals surface area (Å²) in [5, 5.41) is 22.2. The van der Waals surface area contributed by atoms with Crippen LogP contribution in [0.4, 0.5) is 0 Å². The van der Waals surface area contributed by atoms with Crippen LogP contribution in [0.2, 0.25) is 5.02 Å². The molecule has 1 aliphatic heterocycles. The molecular weight excluding hydrogens is 834 g/mol. The first-order valence-corrected chi connectivity index (χ1v) is 23.5. The molecule has 0 spiro atoms. The van der Waals surface area contributed by atoms with Crippen molar-refractivity contribution in [2.24, 2.45) is 14.1 Å². The van der Waals surface area contributed by atoms with E-state index in [-0.39, 0.29) is 24.7 Å². The van der Waals surface area contributed by atoms with E-state index in [0.29, 0.717) is 76.9 Å². The number of carbonyl (C=O) groups excluding carboxylic acids is 1. The molecule has 7 aromatic rings. The molecule has 0 aliphatic carbocycles. The van der Waals surface area contributed by atoms with E-state index in [1.807, 2.05) is 52.7 Å². The Balaban J connectivity index is 1.10. The van der Waals surface area contributed by atoms with Gasteiger partial charge in [0.2, 0.25) is 0 Å². The Kier molecular flexibility index (Phi) is 12.5. The van der Waals surface area contributed by atoms with Gasteiger partial charge in [0.25, 0.3) is 0 Å². The van der Waals surface area contributed by atoms with E-state index in [0.717, 1.165) is 56.0 Å². The van der Waals surface area contributed by atoms with Crippen molar-refractivity contribution in [3.05, 3.63) is 123 Å². The van der Waals surface area contributed by atoms with Crippen LogP contribution in [-0.2, 0) is 71.9 Å². The molecule has 61 heavy (non-hydrogen) atoms. The molecular formula is C46H48ClN5O7S2. The van der Waals surface area contributed by atoms with Crippen LogP contribution in [-0.4, -0.2) is 63.9 Å². The zero-order valence-corrected chi connectivity index (χ0v) is 37.0. The molecule has 0 amide bonds. The molecule has 8 rings (SSSR count). The number of ether oxygens (including phenoxy) is 3. The molecule has 0 unspecified atom stereocenters. The maximum Gasteiger partial charge on any atom is 0.355 e. The number of esters is 1. The molecule has 1 aliphatic rings. The van der Waals surface area contributed by atoms with Crippen LogP contribution in [0.25, 0.3) is 32.8 Å². The lowest BCUT2D eigenvalue weighted by Gasteiger charge is -2.13. The summed E-state index contributed by atoms with van der Waals surface area (Å²) < 4.78 is 50.3. The van der Waals surface area contributed by atoms with Gasteiger partial charge in [0, 0.05) is 58.9 Å². The fourth-order valence-corrected chi connectivity index (χ4v) is 10.9. The summed E-state index contributed by atoms with van der Waals surface area (Å²) in [5.41, 5.74) is 6.60. The fourth-order valence-electron chi connectivity index (χ4n) is 8.37. The topological polar surface area (TPSA) is 140 Å². The normalized spacial score (nSPS) is 12.7. The Morgan fingerprint density at radius 2 is 1.77 bits per heavy atom. The van der Waals surface area contributed by atoms with E-state index >= 15 is 0 Å². The molecule has 3 aromatic heterocycles. The highest BCUT2D eigenvalue weighted by atomic mass is 35.5. The van der Waals surface area contributed by atoms with Crippen molar-refractivity contribution in [1.29, 1.82) is 0 Å². The third kappa shape index (κ3) is 8.77. The van der Waals surface area contributed by atoms with Crippen LogP contribution < -0.4 is 9.47 Å². The van der Waals surface area contributed by atoms with Gasteiger partial charge in [0.15, 0.2) is 9.84 Å². The van der Waals surface area contributed by atoms with Crippen LogP contribution in [0.3, 0.4) is 0 Å². The lowest BCUT2D eigenvalue weighted by molar-refractivity contribution is 0.0514. The minimum Gasteiger partial charge on any atom is -0.497 e. The van der Waals surface area contributed by atoms with Gasteiger partial charge < -0.3 is 23.9 Å². The van der Waals surface area contributed by atoms with Crippen molar-refractivity contribution < 1.29 is 32.5 Å². The average molecular weight is 883 g/mol. The first-order valence-electron chi connectivity index (χ1n) is 20.3. The number of aliphatic hydroxyl groups is 1. The molecule has 0 bridgehead atoms. The maximum absolute atomic E-state index is 13.8. The largest absolute Gasteiger partial charge is 0.497 e. The number of halogens is 1. The molecule has 15 heteroatoms. The number of fused-ring (bicyclic) bond motifs is 3. The summed E-state index contributed by atoms with van der Waals surface area (Å²) in [4.78, 5) is 14.9. The smallest absolute Gasteiger partial charge is 0.355 e. The highest BCUT2D eigenvalue weighted by molar-refractivity contribution is 7.98. The highest BCUT2D eigenvalue weighted by Crippen LogP contribution is 2.44. The number of rotatable bonds is 17. The van der Waals surface area contributed by atoms with E-state index in [2.05, 4.69) is 41.5 Å². The van der Waals surface area contributed by atoms with Gasteiger partial charge in [-0.05, 0) is 85.5 Å². The molecule has 12 nitrogen and oxygen atoms in total. The molecule has 0 radical (unpaired) electrons. The van der Waals surface area contributed by atoms with E-state index in [1.54, 1.807) is 38.9 Å². The number of aliphatic hydroxyl groups excluding tert-OH is 1. The maximum atomic E-state index is 13.8. The van der Waals surface area contributed by atoms with Crippen LogP contribution in [0.5, 0.6) is 11.5 Å². The fraction of sp³-hybridized carbons (Fsp3) is 0.326. The van der Waals surface area contributed by atoms with Crippen molar-refractivity contribution in [1.82, 2.24) is 24.1 Å². The summed E-state index contributed by atoms with van der Waals surface area (Å²) in [7, 11) is 1.39. The van der Waals surface area contributed by atoms with Crippen LogP contribution in [0.1, 0.15) is 64.2 Å². The standard InChI is InChI=1S/C46H48ClN5O7S2/c1-5-58-46(54)45-36(12-9-21-59-41-24-34(22-30-10-6-7-11-35(30)41)60-26-29-14-16-33(57-4)17-15-29)37-18-19-38(47)42(44(37)50(45)2)43-39(49-52-20-8-13-40(43)52)28-61(55,56)27-31-23-32(25-53)51(3)48-31/h6-7,10-11,14-19,22-24,53H,5,8-9,12-13,20-21,25-28H2,1-4H3. The van der Waals surface area contributed by atoms with E-state index in [9.17, 15) is 18.3 Å². The SMILES string of the molecule is CCOC(=O)c1c(CCCOc2cc(SCc3ccc(OC)cc3)cc3ccccc23)c2ccc(Cl)c(-c3c(CS(=O)(=O)Cc4cc(CO)n(C)n4)nn4c3CCC4)c2n1C. The van der Waals surface area contributed by atoms with Gasteiger partial charge in [0.05, 0.1) is 66.1 Å². The van der Waals surface area contributed by atoms with Crippen LogP contribution in [0.15, 0.2) is 83.8 Å². The second-order valence-electron chi connectivity index (χ2n) is 15.2. The quantitative estimate of drug-likeness (QED) is 0.0537. The van der Waals surface area contributed by atoms with Gasteiger partial charge in [-0.3, -0.25) is 9.36 Å². The third-order valence-corrected chi connectivity index (χ3v) is 14.0. The summed E-state index contributed by atoms with van der Waals surface area (Å²) >= 11 is 8.87. The Bertz CT molecular complexity index is 2870. The number of nitrogens with zero attached hydrogens (tertiary/aromatic N) is 5. The number of thioether (sulfide) groups is 1. The molecule has 0 fully saturated rings. The molecule has 318 valence electrons. The number of aromatic nitrogens is 5. The number of sulfone groups is 1. The Morgan fingerprint density at radius 3 is 2.52 bits per heavy atom. The lowest BCUT2D eigenvalue weighted by atomic mass is 9.97. The summed E-state index contributed by atoms with van der Waals surface area (Å²) in [5.74, 6) is 1.31. The van der Waals surface area contributed by atoms with Crippen molar-refractivity contribution in [2.45, 2.75) is 67.9 Å². The van der Waals surface area contributed by atoms with Gasteiger partial charge in [0.1, 0.15) is 17.2 Å². The zero-order chi connectivity index (χ0) is 42.8. The number of aryl methyl sites for hydroxylation is 4. The second kappa shape index (κ2) is 18.0. The number of benzene rings is 4. The number of methoxy groups -OCH3 is 1. The Labute approximate surface area is 364 Å². The minimum atomic E-state index is -3.77. The highest BCUT2D eigenvalue weighted by Gasteiger charge is 2.32. The van der Waals surface area contributed by atoms with Crippen LogP contribution >= 0.6 is 23.4 Å². The Morgan fingerprint density at radius 1 is 0.967 bits per heavy atom. The molecule has 0 atom stereocenters.